The van der Waals surface area contributed by atoms with Gasteiger partial charge in [0.05, 0.1) is 16.8 Å². The van der Waals surface area contributed by atoms with Gasteiger partial charge < -0.3 is 10.6 Å². The van der Waals surface area contributed by atoms with E-state index in [-0.39, 0.29) is 50.9 Å². The minimum atomic E-state index is -0.532. The molecule has 0 spiro atoms. The quantitative estimate of drug-likeness (QED) is 0.489. The molecule has 0 fully saturated rings. The summed E-state index contributed by atoms with van der Waals surface area (Å²) < 4.78 is 16.2. The van der Waals surface area contributed by atoms with Crippen LogP contribution in [0.4, 0.5) is 10.2 Å². The summed E-state index contributed by atoms with van der Waals surface area (Å²) in [6, 6.07) is 4.35. The van der Waals surface area contributed by atoms with Gasteiger partial charge in [0.25, 0.3) is 5.91 Å². The lowest BCUT2D eigenvalue weighted by Gasteiger charge is -2.23. The molecule has 0 saturated carbocycles. The van der Waals surface area contributed by atoms with E-state index in [9.17, 15) is 9.18 Å². The van der Waals surface area contributed by atoms with Gasteiger partial charge >= 0.3 is 0 Å². The molecule has 0 bridgehead atoms. The minimum absolute atomic E-state index is 0.00638. The Bertz CT molecular complexity index is 1080. The molecular formula is C21H24Cl2FN5O. The summed E-state index contributed by atoms with van der Waals surface area (Å²) in [5.41, 5.74) is 0.962. The van der Waals surface area contributed by atoms with Crippen molar-refractivity contribution in [3.05, 3.63) is 46.0 Å². The molecule has 1 atom stereocenters. The Morgan fingerprint density at radius 2 is 1.83 bits per heavy atom. The van der Waals surface area contributed by atoms with Crippen LogP contribution in [0.2, 0.25) is 10.2 Å². The van der Waals surface area contributed by atoms with Gasteiger partial charge in [0.1, 0.15) is 22.4 Å². The van der Waals surface area contributed by atoms with E-state index < -0.39 is 5.82 Å². The lowest BCUT2D eigenvalue weighted by Crippen LogP contribution is -2.30. The molecule has 0 aliphatic carbocycles. The largest absolute Gasteiger partial charge is 0.367 e. The lowest BCUT2D eigenvalue weighted by atomic mass is 10.0. The molecule has 0 saturated heterocycles. The SMILES string of the molecule is CC(C)NC(=O)c1cnn2c(N[C@H](C)C(C)C)c(-c3c(F)cccc3Cl)c(Cl)nc12. The predicted octanol–water partition coefficient (Wildman–Crippen LogP) is 5.44. The Labute approximate surface area is 184 Å². The molecule has 6 nitrogen and oxygen atoms in total. The van der Waals surface area contributed by atoms with Crippen LogP contribution in [-0.4, -0.2) is 32.6 Å². The van der Waals surface area contributed by atoms with E-state index in [1.54, 1.807) is 6.07 Å². The van der Waals surface area contributed by atoms with Gasteiger partial charge in [0, 0.05) is 17.6 Å². The maximum Gasteiger partial charge on any atom is 0.256 e. The van der Waals surface area contributed by atoms with Crippen LogP contribution in [0.15, 0.2) is 24.4 Å². The van der Waals surface area contributed by atoms with Gasteiger partial charge in [0.15, 0.2) is 5.65 Å². The summed E-state index contributed by atoms with van der Waals surface area (Å²) in [7, 11) is 0. The standard InChI is InChI=1S/C21H24Cl2FN5O/c1-10(2)12(5)27-20-17(16-14(22)7-6-8-15(16)24)18(23)28-19-13(9-25-29(19)20)21(30)26-11(3)4/h6-12,27H,1-5H3,(H,26,30)/t12-/m1/s1. The molecule has 2 aromatic heterocycles. The first kappa shape index (κ1) is 22.3. The Morgan fingerprint density at radius 1 is 1.13 bits per heavy atom. The minimum Gasteiger partial charge on any atom is -0.367 e. The highest BCUT2D eigenvalue weighted by molar-refractivity contribution is 6.36. The fourth-order valence-electron chi connectivity index (χ4n) is 2.94. The maximum absolute atomic E-state index is 14.8. The number of amides is 1. The number of carbonyl (C=O) groups is 1. The fourth-order valence-corrected chi connectivity index (χ4v) is 3.46. The second-order valence-corrected chi connectivity index (χ2v) is 8.59. The number of benzene rings is 1. The van der Waals surface area contributed by atoms with Crippen molar-refractivity contribution in [2.45, 2.75) is 46.7 Å². The number of halogens is 3. The maximum atomic E-state index is 14.8. The van der Waals surface area contributed by atoms with Crippen molar-refractivity contribution in [2.24, 2.45) is 5.92 Å². The molecule has 0 radical (unpaired) electrons. The van der Waals surface area contributed by atoms with E-state index >= 15 is 0 Å². The van der Waals surface area contributed by atoms with E-state index in [1.165, 1.54) is 22.8 Å². The first-order valence-corrected chi connectivity index (χ1v) is 10.5. The molecule has 1 amide bonds. The molecule has 2 heterocycles. The predicted molar refractivity (Wildman–Crippen MR) is 119 cm³/mol. The molecule has 1 aromatic carbocycles. The normalized spacial score (nSPS) is 12.6. The van der Waals surface area contributed by atoms with E-state index in [0.717, 1.165) is 0 Å². The smallest absolute Gasteiger partial charge is 0.256 e. The van der Waals surface area contributed by atoms with Crippen LogP contribution in [0, 0.1) is 11.7 Å². The molecule has 9 heteroatoms. The zero-order valence-corrected chi connectivity index (χ0v) is 18.9. The number of nitrogens with one attached hydrogen (secondary N) is 2. The first-order valence-electron chi connectivity index (χ1n) is 9.70. The van der Waals surface area contributed by atoms with Gasteiger partial charge in [0.2, 0.25) is 0 Å². The number of hydrogen-bond donors (Lipinski definition) is 2. The highest BCUT2D eigenvalue weighted by Crippen LogP contribution is 2.40. The molecular weight excluding hydrogens is 428 g/mol. The number of rotatable bonds is 6. The van der Waals surface area contributed by atoms with E-state index in [0.29, 0.717) is 11.4 Å². The van der Waals surface area contributed by atoms with Crippen LogP contribution in [0.1, 0.15) is 45.0 Å². The van der Waals surface area contributed by atoms with Crippen LogP contribution in [0.3, 0.4) is 0 Å². The Morgan fingerprint density at radius 3 is 2.43 bits per heavy atom. The Hall–Kier alpha value is -2.38. The van der Waals surface area contributed by atoms with Gasteiger partial charge in [-0.2, -0.15) is 9.61 Å². The second-order valence-electron chi connectivity index (χ2n) is 7.82. The lowest BCUT2D eigenvalue weighted by molar-refractivity contribution is 0.0944. The van der Waals surface area contributed by atoms with Crippen molar-refractivity contribution in [2.75, 3.05) is 5.32 Å². The highest BCUT2D eigenvalue weighted by atomic mass is 35.5. The zero-order chi connectivity index (χ0) is 22.2. The van der Waals surface area contributed by atoms with Gasteiger partial charge in [-0.15, -0.1) is 0 Å². The molecule has 2 N–H and O–H groups in total. The third-order valence-corrected chi connectivity index (χ3v) is 5.43. The molecule has 30 heavy (non-hydrogen) atoms. The van der Waals surface area contributed by atoms with Gasteiger partial charge in [-0.05, 0) is 38.8 Å². The van der Waals surface area contributed by atoms with Crippen LogP contribution >= 0.6 is 23.2 Å². The number of nitrogens with zero attached hydrogens (tertiary/aromatic N) is 3. The molecule has 0 aliphatic rings. The summed E-state index contributed by atoms with van der Waals surface area (Å²) in [5, 5.41) is 10.8. The number of aromatic nitrogens is 3. The van der Waals surface area contributed by atoms with E-state index in [2.05, 4.69) is 34.6 Å². The Kier molecular flexibility index (Phi) is 6.53. The number of carbonyl (C=O) groups excluding carboxylic acids is 1. The highest BCUT2D eigenvalue weighted by Gasteiger charge is 2.26. The molecule has 0 aliphatic heterocycles. The summed E-state index contributed by atoms with van der Waals surface area (Å²) in [5.74, 6) is -0.171. The van der Waals surface area contributed by atoms with Crippen LogP contribution in [0.5, 0.6) is 0 Å². The average Bonchev–Trinajstić information content (AvgIpc) is 3.06. The second kappa shape index (κ2) is 8.78. The third kappa shape index (κ3) is 4.23. The van der Waals surface area contributed by atoms with Crippen molar-refractivity contribution >= 4 is 40.6 Å². The van der Waals surface area contributed by atoms with Crippen LogP contribution < -0.4 is 10.6 Å². The summed E-state index contributed by atoms with van der Waals surface area (Å²) in [6.07, 6.45) is 1.42. The van der Waals surface area contributed by atoms with Gasteiger partial charge in [-0.25, -0.2) is 9.37 Å². The molecule has 3 aromatic rings. The summed E-state index contributed by atoms with van der Waals surface area (Å²) in [4.78, 5) is 17.0. The molecule has 3 rings (SSSR count). The van der Waals surface area contributed by atoms with Gasteiger partial charge in [-0.3, -0.25) is 4.79 Å². The third-order valence-electron chi connectivity index (χ3n) is 4.84. The molecule has 160 valence electrons. The summed E-state index contributed by atoms with van der Waals surface area (Å²) >= 11 is 12.9. The van der Waals surface area contributed by atoms with Gasteiger partial charge in [-0.1, -0.05) is 43.1 Å². The topological polar surface area (TPSA) is 71.3 Å². The van der Waals surface area contributed by atoms with Crippen molar-refractivity contribution < 1.29 is 9.18 Å². The number of fused-ring (bicyclic) bond motifs is 1. The van der Waals surface area contributed by atoms with Crippen LogP contribution in [0.25, 0.3) is 16.8 Å². The number of hydrogen-bond acceptors (Lipinski definition) is 4. The fraction of sp³-hybridized carbons (Fsp3) is 0.381. The Balaban J connectivity index is 2.31. The average molecular weight is 452 g/mol. The number of anilines is 1. The zero-order valence-electron chi connectivity index (χ0n) is 17.4. The molecule has 0 unspecified atom stereocenters. The first-order chi connectivity index (χ1) is 14.1. The van der Waals surface area contributed by atoms with Crippen molar-refractivity contribution in [1.29, 1.82) is 0 Å². The van der Waals surface area contributed by atoms with E-state index in [4.69, 9.17) is 23.2 Å². The summed E-state index contributed by atoms with van der Waals surface area (Å²) in [6.45, 7) is 9.82. The van der Waals surface area contributed by atoms with Crippen molar-refractivity contribution in [3.8, 4) is 11.1 Å². The van der Waals surface area contributed by atoms with Crippen LogP contribution in [-0.2, 0) is 0 Å². The van der Waals surface area contributed by atoms with E-state index in [1.807, 2.05) is 20.8 Å². The van der Waals surface area contributed by atoms with Crippen molar-refractivity contribution in [1.82, 2.24) is 19.9 Å². The van der Waals surface area contributed by atoms with Crippen molar-refractivity contribution in [3.63, 3.8) is 0 Å². The monoisotopic (exact) mass is 451 g/mol.